The van der Waals surface area contributed by atoms with Crippen molar-refractivity contribution in [1.82, 2.24) is 4.98 Å². The number of rotatable bonds is 6. The van der Waals surface area contributed by atoms with Crippen molar-refractivity contribution in [2.75, 3.05) is 23.4 Å². The molecule has 0 bridgehead atoms. The number of halogens is 1. The van der Waals surface area contributed by atoms with Gasteiger partial charge in [-0.3, -0.25) is 4.98 Å². The number of benzene rings is 1. The van der Waals surface area contributed by atoms with E-state index in [0.29, 0.717) is 0 Å². The van der Waals surface area contributed by atoms with Crippen LogP contribution >= 0.6 is 23.4 Å². The highest BCUT2D eigenvalue weighted by molar-refractivity contribution is 7.99. The zero-order valence-electron chi connectivity index (χ0n) is 10.4. The fourth-order valence-corrected chi connectivity index (χ4v) is 2.70. The Labute approximate surface area is 117 Å². The van der Waals surface area contributed by atoms with Gasteiger partial charge in [-0.25, -0.2) is 0 Å². The molecule has 0 fully saturated rings. The summed E-state index contributed by atoms with van der Waals surface area (Å²) in [4.78, 5) is 4.41. The summed E-state index contributed by atoms with van der Waals surface area (Å²) in [6.07, 6.45) is 2.97. The first-order valence-electron chi connectivity index (χ1n) is 6.17. The molecule has 18 heavy (non-hydrogen) atoms. The van der Waals surface area contributed by atoms with E-state index in [1.165, 1.54) is 11.5 Å². The van der Waals surface area contributed by atoms with E-state index in [1.54, 1.807) is 0 Å². The van der Waals surface area contributed by atoms with E-state index < -0.39 is 0 Å². The van der Waals surface area contributed by atoms with Gasteiger partial charge in [0.2, 0.25) is 0 Å². The fraction of sp³-hybridized carbons (Fsp3) is 0.357. The van der Waals surface area contributed by atoms with E-state index in [9.17, 15) is 0 Å². The Kier molecular flexibility index (Phi) is 5.14. The lowest BCUT2D eigenvalue weighted by atomic mass is 10.2. The average Bonchev–Trinajstić information content (AvgIpc) is 2.38. The zero-order chi connectivity index (χ0) is 12.8. The maximum Gasteiger partial charge on any atom is 0.0934 e. The molecule has 0 aliphatic heterocycles. The quantitative estimate of drug-likeness (QED) is 0.792. The van der Waals surface area contributed by atoms with Gasteiger partial charge in [-0.1, -0.05) is 24.6 Å². The first-order chi connectivity index (χ1) is 8.81. The highest BCUT2D eigenvalue weighted by Crippen LogP contribution is 2.26. The number of anilines is 1. The second-order valence-electron chi connectivity index (χ2n) is 4.01. The second kappa shape index (κ2) is 6.86. The molecule has 2 aromatic rings. The molecule has 2 rings (SSSR count). The highest BCUT2D eigenvalue weighted by Gasteiger charge is 2.03. The number of hydrogen-bond acceptors (Lipinski definition) is 3. The summed E-state index contributed by atoms with van der Waals surface area (Å²) in [5, 5.41) is 5.26. The molecule has 4 heteroatoms. The number of pyridine rings is 1. The Morgan fingerprint density at radius 1 is 1.39 bits per heavy atom. The van der Waals surface area contributed by atoms with Crippen LogP contribution in [0.3, 0.4) is 0 Å². The molecule has 0 aliphatic carbocycles. The molecular weight excluding hydrogens is 264 g/mol. The van der Waals surface area contributed by atoms with E-state index in [4.69, 9.17) is 11.6 Å². The third kappa shape index (κ3) is 3.53. The Bertz CT molecular complexity index is 516. The van der Waals surface area contributed by atoms with Crippen molar-refractivity contribution in [1.29, 1.82) is 0 Å². The highest BCUT2D eigenvalue weighted by atomic mass is 35.5. The Hall–Kier alpha value is -0.930. The first-order valence-corrected chi connectivity index (χ1v) is 7.70. The van der Waals surface area contributed by atoms with E-state index in [1.807, 2.05) is 42.2 Å². The predicted octanol–water partition coefficient (Wildman–Crippen LogP) is 4.44. The summed E-state index contributed by atoms with van der Waals surface area (Å²) in [7, 11) is 0. The molecule has 96 valence electrons. The summed E-state index contributed by atoms with van der Waals surface area (Å²) in [6.45, 7) is 3.14. The van der Waals surface area contributed by atoms with E-state index in [-0.39, 0.29) is 0 Å². The average molecular weight is 281 g/mol. The third-order valence-electron chi connectivity index (χ3n) is 2.65. The maximum atomic E-state index is 6.11. The van der Waals surface area contributed by atoms with Crippen LogP contribution in [0.4, 0.5) is 5.69 Å². The SMILES string of the molecule is CCSCCCNc1cc(Cl)cc2cccnc12. The van der Waals surface area contributed by atoms with Crippen molar-refractivity contribution in [3.05, 3.63) is 35.5 Å². The molecule has 0 saturated carbocycles. The summed E-state index contributed by atoms with van der Waals surface area (Å²) in [5.74, 6) is 2.37. The topological polar surface area (TPSA) is 24.9 Å². The number of thioether (sulfide) groups is 1. The lowest BCUT2D eigenvalue weighted by Gasteiger charge is -2.09. The van der Waals surface area contributed by atoms with Gasteiger partial charge in [-0.2, -0.15) is 11.8 Å². The van der Waals surface area contributed by atoms with Crippen LogP contribution in [0.25, 0.3) is 10.9 Å². The van der Waals surface area contributed by atoms with Crippen molar-refractivity contribution in [3.63, 3.8) is 0 Å². The summed E-state index contributed by atoms with van der Waals surface area (Å²) in [5.41, 5.74) is 2.02. The van der Waals surface area contributed by atoms with Gasteiger partial charge < -0.3 is 5.32 Å². The summed E-state index contributed by atoms with van der Waals surface area (Å²) < 4.78 is 0. The normalized spacial score (nSPS) is 10.8. The molecule has 0 spiro atoms. The van der Waals surface area contributed by atoms with Crippen LogP contribution in [0.15, 0.2) is 30.5 Å². The lowest BCUT2D eigenvalue weighted by Crippen LogP contribution is -2.03. The largest absolute Gasteiger partial charge is 0.383 e. The van der Waals surface area contributed by atoms with Gasteiger partial charge in [-0.15, -0.1) is 0 Å². The van der Waals surface area contributed by atoms with Gasteiger partial charge in [0.25, 0.3) is 0 Å². The number of hydrogen-bond donors (Lipinski definition) is 1. The molecule has 0 amide bonds. The molecule has 0 saturated heterocycles. The number of nitrogens with zero attached hydrogens (tertiary/aromatic N) is 1. The standard InChI is InChI=1S/C14H17ClN2S/c1-2-18-8-4-7-16-13-10-12(15)9-11-5-3-6-17-14(11)13/h3,5-6,9-10,16H,2,4,7-8H2,1H3. The maximum absolute atomic E-state index is 6.11. The van der Waals surface area contributed by atoms with E-state index in [0.717, 1.165) is 34.6 Å². The van der Waals surface area contributed by atoms with Gasteiger partial charge in [0, 0.05) is 23.2 Å². The molecule has 1 heterocycles. The van der Waals surface area contributed by atoms with Crippen LogP contribution in [0.2, 0.25) is 5.02 Å². The molecule has 1 aromatic carbocycles. The van der Waals surface area contributed by atoms with Crippen LogP contribution in [-0.2, 0) is 0 Å². The van der Waals surface area contributed by atoms with Crippen molar-refractivity contribution >= 4 is 40.0 Å². The van der Waals surface area contributed by atoms with Crippen molar-refractivity contribution in [3.8, 4) is 0 Å². The number of aromatic nitrogens is 1. The Morgan fingerprint density at radius 3 is 3.11 bits per heavy atom. The molecular formula is C14H17ClN2S. The monoisotopic (exact) mass is 280 g/mol. The third-order valence-corrected chi connectivity index (χ3v) is 3.86. The molecule has 1 N–H and O–H groups in total. The van der Waals surface area contributed by atoms with E-state index in [2.05, 4.69) is 17.2 Å². The fourth-order valence-electron chi connectivity index (χ4n) is 1.83. The van der Waals surface area contributed by atoms with Gasteiger partial charge in [-0.05, 0) is 36.1 Å². The molecule has 2 nitrogen and oxygen atoms in total. The Balaban J connectivity index is 2.07. The molecule has 1 aromatic heterocycles. The van der Waals surface area contributed by atoms with Crippen molar-refractivity contribution in [2.45, 2.75) is 13.3 Å². The number of nitrogens with one attached hydrogen (secondary N) is 1. The first kappa shape index (κ1) is 13.5. The minimum atomic E-state index is 0.751. The van der Waals surface area contributed by atoms with Crippen LogP contribution in [-0.4, -0.2) is 23.0 Å². The minimum Gasteiger partial charge on any atom is -0.383 e. The van der Waals surface area contributed by atoms with Crippen LogP contribution in [0.1, 0.15) is 13.3 Å². The molecule has 0 unspecified atom stereocenters. The number of fused-ring (bicyclic) bond motifs is 1. The lowest BCUT2D eigenvalue weighted by molar-refractivity contribution is 0.993. The van der Waals surface area contributed by atoms with Crippen LogP contribution in [0, 0.1) is 0 Å². The van der Waals surface area contributed by atoms with Gasteiger partial charge in [0.05, 0.1) is 11.2 Å². The van der Waals surface area contributed by atoms with Gasteiger partial charge in [0.15, 0.2) is 0 Å². The molecule has 0 aliphatic rings. The zero-order valence-corrected chi connectivity index (χ0v) is 12.0. The van der Waals surface area contributed by atoms with Gasteiger partial charge >= 0.3 is 0 Å². The Morgan fingerprint density at radius 2 is 2.28 bits per heavy atom. The van der Waals surface area contributed by atoms with Crippen molar-refractivity contribution < 1.29 is 0 Å². The van der Waals surface area contributed by atoms with E-state index >= 15 is 0 Å². The van der Waals surface area contributed by atoms with Crippen molar-refractivity contribution in [2.24, 2.45) is 0 Å². The van der Waals surface area contributed by atoms with Gasteiger partial charge in [0.1, 0.15) is 0 Å². The summed E-state index contributed by atoms with van der Waals surface area (Å²) >= 11 is 8.08. The summed E-state index contributed by atoms with van der Waals surface area (Å²) in [6, 6.07) is 7.86. The van der Waals surface area contributed by atoms with Crippen LogP contribution < -0.4 is 5.32 Å². The second-order valence-corrected chi connectivity index (χ2v) is 5.84. The molecule has 0 atom stereocenters. The smallest absolute Gasteiger partial charge is 0.0934 e. The minimum absolute atomic E-state index is 0.751. The van der Waals surface area contributed by atoms with Crippen LogP contribution in [0.5, 0.6) is 0 Å². The molecule has 0 radical (unpaired) electrons. The predicted molar refractivity (Wildman–Crippen MR) is 82.9 cm³/mol.